The highest BCUT2D eigenvalue weighted by atomic mass is 32.1. The average molecular weight is 310 g/mol. The number of hydrogen-bond donors (Lipinski definition) is 0. The summed E-state index contributed by atoms with van der Waals surface area (Å²) in [6.45, 7) is 6.32. The molecular formula is C17H14N2S2. The zero-order valence-corrected chi connectivity index (χ0v) is 13.7. The number of thiazole rings is 2. The lowest BCUT2D eigenvalue weighted by molar-refractivity contribution is 1.35. The van der Waals surface area contributed by atoms with Gasteiger partial charge >= 0.3 is 0 Å². The minimum atomic E-state index is 1.08. The van der Waals surface area contributed by atoms with Crippen molar-refractivity contribution < 1.29 is 0 Å². The Bertz CT molecular complexity index is 928. The molecule has 0 atom stereocenters. The predicted molar refractivity (Wildman–Crippen MR) is 92.4 cm³/mol. The smallest absolute Gasteiger partial charge is 0.124 e. The maximum atomic E-state index is 4.83. The molecule has 0 radical (unpaired) electrons. The van der Waals surface area contributed by atoms with Crippen LogP contribution in [-0.2, 0) is 0 Å². The van der Waals surface area contributed by atoms with Crippen molar-refractivity contribution in [2.75, 3.05) is 0 Å². The van der Waals surface area contributed by atoms with Gasteiger partial charge in [-0.15, -0.1) is 22.7 Å². The van der Waals surface area contributed by atoms with Gasteiger partial charge in [-0.25, -0.2) is 9.97 Å². The van der Waals surface area contributed by atoms with E-state index >= 15 is 0 Å². The topological polar surface area (TPSA) is 25.8 Å². The first-order chi connectivity index (χ1) is 10.1. The van der Waals surface area contributed by atoms with Gasteiger partial charge in [0.05, 0.1) is 25.4 Å². The van der Waals surface area contributed by atoms with E-state index in [2.05, 4.69) is 49.2 Å². The highest BCUT2D eigenvalue weighted by Gasteiger charge is 2.11. The number of nitrogens with zero attached hydrogens (tertiary/aromatic N) is 2. The summed E-state index contributed by atoms with van der Waals surface area (Å²) in [4.78, 5) is 9.40. The lowest BCUT2D eigenvalue weighted by atomic mass is 10.1. The summed E-state index contributed by atoms with van der Waals surface area (Å²) in [5.41, 5.74) is 5.96. The van der Waals surface area contributed by atoms with E-state index in [-0.39, 0.29) is 0 Å². The molecule has 2 heterocycles. The summed E-state index contributed by atoms with van der Waals surface area (Å²) < 4.78 is 2.43. The fraction of sp³-hybridized carbons (Fsp3) is 0.176. The van der Waals surface area contributed by atoms with Crippen LogP contribution in [0.4, 0.5) is 0 Å². The second kappa shape index (κ2) is 4.61. The van der Waals surface area contributed by atoms with Crippen LogP contribution in [0.3, 0.4) is 0 Å². The van der Waals surface area contributed by atoms with Gasteiger partial charge in [-0.2, -0.15) is 0 Å². The molecule has 0 fully saturated rings. The van der Waals surface area contributed by atoms with E-state index in [1.54, 1.807) is 22.7 Å². The molecule has 104 valence electrons. The summed E-state index contributed by atoms with van der Waals surface area (Å²) in [5, 5.41) is 2.20. The first-order valence-electron chi connectivity index (χ1n) is 6.85. The Morgan fingerprint density at radius 2 is 1.52 bits per heavy atom. The first kappa shape index (κ1) is 12.9. The van der Waals surface area contributed by atoms with Gasteiger partial charge in [-0.3, -0.25) is 0 Å². The molecule has 0 aliphatic rings. The molecule has 21 heavy (non-hydrogen) atoms. The Hall–Kier alpha value is -1.78. The molecule has 0 saturated heterocycles. The molecule has 0 amide bonds. The fourth-order valence-corrected chi connectivity index (χ4v) is 4.55. The van der Waals surface area contributed by atoms with E-state index in [1.807, 2.05) is 6.92 Å². The summed E-state index contributed by atoms with van der Waals surface area (Å²) in [6.07, 6.45) is 0. The summed E-state index contributed by atoms with van der Waals surface area (Å²) in [5.74, 6) is 0. The molecule has 0 unspecified atom stereocenters. The van der Waals surface area contributed by atoms with Crippen LogP contribution in [0.5, 0.6) is 0 Å². The van der Waals surface area contributed by atoms with Crippen molar-refractivity contribution in [3.63, 3.8) is 0 Å². The maximum Gasteiger partial charge on any atom is 0.124 e. The summed E-state index contributed by atoms with van der Waals surface area (Å²) >= 11 is 3.48. The minimum absolute atomic E-state index is 1.08. The number of aromatic nitrogens is 2. The van der Waals surface area contributed by atoms with E-state index in [0.29, 0.717) is 0 Å². The zero-order chi connectivity index (χ0) is 14.6. The van der Waals surface area contributed by atoms with E-state index in [9.17, 15) is 0 Å². The lowest BCUT2D eigenvalue weighted by Gasteiger charge is -2.02. The number of rotatable bonds is 1. The molecule has 4 heteroatoms. The molecule has 2 nitrogen and oxygen atoms in total. The molecule has 2 aromatic heterocycles. The molecular weight excluding hydrogens is 296 g/mol. The summed E-state index contributed by atoms with van der Waals surface area (Å²) in [6, 6.07) is 10.9. The highest BCUT2D eigenvalue weighted by molar-refractivity contribution is 7.22. The SMILES string of the molecule is Cc1ccc(-c2nc3cc4sc(C)nc4cc3s2)c(C)c1. The summed E-state index contributed by atoms with van der Waals surface area (Å²) in [7, 11) is 0. The number of hydrogen-bond acceptors (Lipinski definition) is 4. The van der Waals surface area contributed by atoms with Gasteiger partial charge in [0.15, 0.2) is 0 Å². The van der Waals surface area contributed by atoms with Gasteiger partial charge in [0.25, 0.3) is 0 Å². The molecule has 0 aliphatic carbocycles. The van der Waals surface area contributed by atoms with Crippen LogP contribution in [0.2, 0.25) is 0 Å². The monoisotopic (exact) mass is 310 g/mol. The first-order valence-corrected chi connectivity index (χ1v) is 8.49. The molecule has 2 aromatic carbocycles. The van der Waals surface area contributed by atoms with Crippen LogP contribution in [-0.4, -0.2) is 9.97 Å². The minimum Gasteiger partial charge on any atom is -0.241 e. The molecule has 4 aromatic rings. The van der Waals surface area contributed by atoms with Gasteiger partial charge in [0.2, 0.25) is 0 Å². The van der Waals surface area contributed by atoms with Crippen LogP contribution in [0.25, 0.3) is 31.0 Å². The molecule has 4 rings (SSSR count). The van der Waals surface area contributed by atoms with Gasteiger partial charge in [-0.05, 0) is 38.5 Å². The lowest BCUT2D eigenvalue weighted by Crippen LogP contribution is -1.83. The van der Waals surface area contributed by atoms with E-state index in [4.69, 9.17) is 4.98 Å². The molecule has 0 spiro atoms. The molecule has 0 saturated carbocycles. The largest absolute Gasteiger partial charge is 0.241 e. The number of fused-ring (bicyclic) bond motifs is 2. The van der Waals surface area contributed by atoms with Crippen molar-refractivity contribution in [3.05, 3.63) is 46.5 Å². The van der Waals surface area contributed by atoms with E-state index in [1.165, 1.54) is 26.1 Å². The van der Waals surface area contributed by atoms with Crippen LogP contribution >= 0.6 is 22.7 Å². The predicted octanol–water partition coefficient (Wildman–Crippen LogP) is 5.50. The van der Waals surface area contributed by atoms with Gasteiger partial charge < -0.3 is 0 Å². The third-order valence-corrected chi connectivity index (χ3v) is 5.60. The Kier molecular flexibility index (Phi) is 2.84. The second-order valence-electron chi connectivity index (χ2n) is 5.36. The van der Waals surface area contributed by atoms with Crippen molar-refractivity contribution in [2.45, 2.75) is 20.8 Å². The number of benzene rings is 2. The fourth-order valence-electron chi connectivity index (χ4n) is 2.63. The third kappa shape index (κ3) is 2.15. The average Bonchev–Trinajstić information content (AvgIpc) is 2.96. The van der Waals surface area contributed by atoms with Crippen LogP contribution in [0.1, 0.15) is 16.1 Å². The Balaban J connectivity index is 1.93. The van der Waals surface area contributed by atoms with E-state index in [0.717, 1.165) is 21.0 Å². The molecule has 0 aliphatic heterocycles. The van der Waals surface area contributed by atoms with Crippen molar-refractivity contribution in [3.8, 4) is 10.6 Å². The van der Waals surface area contributed by atoms with Crippen molar-refractivity contribution >= 4 is 43.1 Å². The third-order valence-electron chi connectivity index (χ3n) is 3.62. The van der Waals surface area contributed by atoms with Crippen LogP contribution < -0.4 is 0 Å². The Morgan fingerprint density at radius 3 is 2.29 bits per heavy atom. The van der Waals surface area contributed by atoms with Crippen molar-refractivity contribution in [1.29, 1.82) is 0 Å². The van der Waals surface area contributed by atoms with Crippen LogP contribution in [0, 0.1) is 20.8 Å². The van der Waals surface area contributed by atoms with Gasteiger partial charge in [0, 0.05) is 5.56 Å². The maximum absolute atomic E-state index is 4.83. The number of aryl methyl sites for hydroxylation is 3. The van der Waals surface area contributed by atoms with E-state index < -0.39 is 0 Å². The molecule has 0 bridgehead atoms. The zero-order valence-electron chi connectivity index (χ0n) is 12.1. The quantitative estimate of drug-likeness (QED) is 0.464. The van der Waals surface area contributed by atoms with Crippen molar-refractivity contribution in [2.24, 2.45) is 0 Å². The Labute approximate surface area is 131 Å². The van der Waals surface area contributed by atoms with Crippen molar-refractivity contribution in [1.82, 2.24) is 9.97 Å². The van der Waals surface area contributed by atoms with Gasteiger partial charge in [-0.1, -0.05) is 23.8 Å². The van der Waals surface area contributed by atoms with Crippen LogP contribution in [0.15, 0.2) is 30.3 Å². The molecule has 0 N–H and O–H groups in total. The standard InChI is InChI=1S/C17H14N2S2/c1-9-4-5-12(10(2)6-9)17-19-14-8-15-13(7-16(14)21-17)18-11(3)20-15/h4-8H,1-3H3. The second-order valence-corrected chi connectivity index (χ2v) is 7.62. The Morgan fingerprint density at radius 1 is 0.810 bits per heavy atom. The highest BCUT2D eigenvalue weighted by Crippen LogP contribution is 2.35. The normalized spacial score (nSPS) is 11.6. The van der Waals surface area contributed by atoms with Gasteiger partial charge in [0.1, 0.15) is 5.01 Å².